The molecule has 1 heteroatoms. The number of rotatable bonds is 4. The number of hydrogen-bond donors (Lipinski definition) is 1. The van der Waals surface area contributed by atoms with Crippen LogP contribution in [0.15, 0.2) is 0 Å². The summed E-state index contributed by atoms with van der Waals surface area (Å²) in [5.74, 6) is 0. The van der Waals surface area contributed by atoms with Gasteiger partial charge in [-0.1, -0.05) is 48.0 Å². The molecule has 0 saturated heterocycles. The summed E-state index contributed by atoms with van der Waals surface area (Å²) in [6.07, 6.45) is 4.86. The van der Waals surface area contributed by atoms with E-state index in [1.165, 1.54) is 19.3 Å². The summed E-state index contributed by atoms with van der Waals surface area (Å²) in [6, 6.07) is 0.386. The lowest BCUT2D eigenvalue weighted by Crippen LogP contribution is -2.26. The number of hydrogen-bond acceptors (Lipinski definition) is 1. The molecule has 0 spiro atoms. The van der Waals surface area contributed by atoms with Gasteiger partial charge in [0.1, 0.15) is 0 Å². The van der Waals surface area contributed by atoms with Gasteiger partial charge < -0.3 is 5.73 Å². The lowest BCUT2D eigenvalue weighted by atomic mass is 9.84. The molecule has 0 bridgehead atoms. The summed E-state index contributed by atoms with van der Waals surface area (Å²) in [7, 11) is 0. The third kappa shape index (κ3) is 10.0. The monoisotopic (exact) mass is 199 g/mol. The molecule has 1 nitrogen and oxygen atoms in total. The lowest BCUT2D eigenvalue weighted by Gasteiger charge is -2.24. The molecule has 0 aromatic heterocycles. The maximum Gasteiger partial charge on any atom is 0.00438 e. The van der Waals surface area contributed by atoms with E-state index in [4.69, 9.17) is 5.73 Å². The minimum atomic E-state index is 0.376. The van der Waals surface area contributed by atoms with Gasteiger partial charge in [0.05, 0.1) is 0 Å². The molecular weight excluding hydrogens is 170 g/mol. The van der Waals surface area contributed by atoms with Gasteiger partial charge in [-0.05, 0) is 30.1 Å². The molecule has 0 aromatic carbocycles. The van der Waals surface area contributed by atoms with Crippen LogP contribution in [0.4, 0.5) is 0 Å². The molecule has 0 saturated carbocycles. The van der Waals surface area contributed by atoms with Gasteiger partial charge in [-0.25, -0.2) is 0 Å². The van der Waals surface area contributed by atoms with Crippen molar-refractivity contribution in [2.24, 2.45) is 16.6 Å². The van der Waals surface area contributed by atoms with Gasteiger partial charge in [-0.15, -0.1) is 0 Å². The summed E-state index contributed by atoms with van der Waals surface area (Å²) in [5.41, 5.74) is 6.93. The molecule has 1 unspecified atom stereocenters. The first-order valence-electron chi connectivity index (χ1n) is 5.86. The Morgan fingerprint density at radius 2 is 1.43 bits per heavy atom. The van der Waals surface area contributed by atoms with Gasteiger partial charge in [0, 0.05) is 6.04 Å². The Bertz CT molecular complexity index is 148. The quantitative estimate of drug-likeness (QED) is 0.728. The second kappa shape index (κ2) is 5.16. The zero-order chi connectivity index (χ0) is 11.4. The molecule has 86 valence electrons. The Morgan fingerprint density at radius 1 is 0.929 bits per heavy atom. The van der Waals surface area contributed by atoms with Crippen molar-refractivity contribution < 1.29 is 0 Å². The van der Waals surface area contributed by atoms with Crippen LogP contribution in [0.2, 0.25) is 0 Å². The van der Waals surface area contributed by atoms with Crippen LogP contribution < -0.4 is 5.73 Å². The first kappa shape index (κ1) is 14.0. The SMILES string of the molecule is CC(C)(C)CCCC(N)CC(C)(C)C. The highest BCUT2D eigenvalue weighted by Gasteiger charge is 2.16. The number of nitrogens with two attached hydrogens (primary N) is 1. The van der Waals surface area contributed by atoms with Gasteiger partial charge in [0.15, 0.2) is 0 Å². The van der Waals surface area contributed by atoms with Crippen molar-refractivity contribution >= 4 is 0 Å². The fourth-order valence-electron chi connectivity index (χ4n) is 1.78. The average Bonchev–Trinajstić information content (AvgIpc) is 1.78. The third-order valence-electron chi connectivity index (χ3n) is 2.38. The summed E-state index contributed by atoms with van der Waals surface area (Å²) in [4.78, 5) is 0. The van der Waals surface area contributed by atoms with Crippen LogP contribution in [0.3, 0.4) is 0 Å². The van der Waals surface area contributed by atoms with Crippen molar-refractivity contribution in [3.05, 3.63) is 0 Å². The molecule has 0 amide bonds. The van der Waals surface area contributed by atoms with Gasteiger partial charge >= 0.3 is 0 Å². The van der Waals surface area contributed by atoms with E-state index in [0.29, 0.717) is 16.9 Å². The van der Waals surface area contributed by atoms with Gasteiger partial charge in [0.2, 0.25) is 0 Å². The summed E-state index contributed by atoms with van der Waals surface area (Å²) >= 11 is 0. The normalized spacial score (nSPS) is 15.6. The van der Waals surface area contributed by atoms with Crippen LogP contribution in [-0.4, -0.2) is 6.04 Å². The van der Waals surface area contributed by atoms with Crippen LogP contribution in [0.25, 0.3) is 0 Å². The highest BCUT2D eigenvalue weighted by atomic mass is 14.6. The Morgan fingerprint density at radius 3 is 1.79 bits per heavy atom. The van der Waals surface area contributed by atoms with Crippen LogP contribution in [0, 0.1) is 10.8 Å². The minimum Gasteiger partial charge on any atom is -0.328 e. The van der Waals surface area contributed by atoms with Crippen LogP contribution in [-0.2, 0) is 0 Å². The van der Waals surface area contributed by atoms with Crippen LogP contribution in [0.1, 0.15) is 67.2 Å². The summed E-state index contributed by atoms with van der Waals surface area (Å²) in [6.45, 7) is 13.7. The standard InChI is InChI=1S/C13H29N/c1-12(2,3)9-7-8-11(14)10-13(4,5)6/h11H,7-10,14H2,1-6H3. The molecule has 0 aliphatic rings. The topological polar surface area (TPSA) is 26.0 Å². The highest BCUT2D eigenvalue weighted by Crippen LogP contribution is 2.25. The van der Waals surface area contributed by atoms with Gasteiger partial charge in [-0.2, -0.15) is 0 Å². The van der Waals surface area contributed by atoms with E-state index < -0.39 is 0 Å². The van der Waals surface area contributed by atoms with E-state index in [1.807, 2.05) is 0 Å². The van der Waals surface area contributed by atoms with Crippen LogP contribution in [0.5, 0.6) is 0 Å². The fraction of sp³-hybridized carbons (Fsp3) is 1.00. The second-order valence-corrected chi connectivity index (χ2v) is 6.98. The maximum atomic E-state index is 6.09. The van der Waals surface area contributed by atoms with Crippen molar-refractivity contribution in [1.29, 1.82) is 0 Å². The smallest absolute Gasteiger partial charge is 0.00438 e. The lowest BCUT2D eigenvalue weighted by molar-refractivity contribution is 0.307. The molecule has 2 N–H and O–H groups in total. The average molecular weight is 199 g/mol. The summed E-state index contributed by atoms with van der Waals surface area (Å²) < 4.78 is 0. The van der Waals surface area contributed by atoms with E-state index in [-0.39, 0.29) is 0 Å². The molecule has 0 fully saturated rings. The van der Waals surface area contributed by atoms with Crippen molar-refractivity contribution in [3.8, 4) is 0 Å². The molecule has 14 heavy (non-hydrogen) atoms. The van der Waals surface area contributed by atoms with Crippen molar-refractivity contribution in [3.63, 3.8) is 0 Å². The predicted molar refractivity (Wildman–Crippen MR) is 65.4 cm³/mol. The largest absolute Gasteiger partial charge is 0.328 e. The molecule has 0 heterocycles. The molecule has 0 aliphatic carbocycles. The summed E-state index contributed by atoms with van der Waals surface area (Å²) in [5, 5.41) is 0. The van der Waals surface area contributed by atoms with E-state index >= 15 is 0 Å². The van der Waals surface area contributed by atoms with Crippen molar-refractivity contribution in [2.75, 3.05) is 0 Å². The second-order valence-electron chi connectivity index (χ2n) is 6.98. The Kier molecular flexibility index (Phi) is 5.14. The minimum absolute atomic E-state index is 0.376. The maximum absolute atomic E-state index is 6.09. The highest BCUT2D eigenvalue weighted by molar-refractivity contribution is 4.72. The Hall–Kier alpha value is -0.0400. The van der Waals surface area contributed by atoms with E-state index in [0.717, 1.165) is 6.42 Å². The van der Waals surface area contributed by atoms with Crippen molar-refractivity contribution in [1.82, 2.24) is 0 Å². The van der Waals surface area contributed by atoms with Gasteiger partial charge in [0.25, 0.3) is 0 Å². The first-order valence-corrected chi connectivity index (χ1v) is 5.86. The predicted octanol–water partition coefficient (Wildman–Crippen LogP) is 3.97. The first-order chi connectivity index (χ1) is 6.10. The Labute approximate surface area is 90.5 Å². The van der Waals surface area contributed by atoms with Gasteiger partial charge in [-0.3, -0.25) is 0 Å². The van der Waals surface area contributed by atoms with Crippen molar-refractivity contribution in [2.45, 2.75) is 73.3 Å². The zero-order valence-electron chi connectivity index (χ0n) is 11.0. The molecule has 0 rings (SSSR count). The third-order valence-corrected chi connectivity index (χ3v) is 2.38. The molecule has 0 aromatic rings. The fourth-order valence-corrected chi connectivity index (χ4v) is 1.78. The van der Waals surface area contributed by atoms with Crippen LogP contribution >= 0.6 is 0 Å². The molecule has 1 atom stereocenters. The zero-order valence-corrected chi connectivity index (χ0v) is 11.0. The molecular formula is C13H29N. The van der Waals surface area contributed by atoms with E-state index in [2.05, 4.69) is 41.5 Å². The van der Waals surface area contributed by atoms with E-state index in [1.54, 1.807) is 0 Å². The molecule has 0 radical (unpaired) electrons. The van der Waals surface area contributed by atoms with E-state index in [9.17, 15) is 0 Å². The molecule has 0 aliphatic heterocycles. The Balaban J connectivity index is 3.60.